The maximum atomic E-state index is 12.2. The number of ether oxygens (including phenoxy) is 1. The first kappa shape index (κ1) is 15.1. The minimum atomic E-state index is -0.398. The molecule has 2 amide bonds. The highest BCUT2D eigenvalue weighted by Crippen LogP contribution is 2.37. The maximum absolute atomic E-state index is 12.2. The number of anilines is 1. The Morgan fingerprint density at radius 1 is 1.35 bits per heavy atom. The topological polar surface area (TPSA) is 87.0 Å². The molecule has 2 aromatic rings. The Morgan fingerprint density at radius 2 is 2.17 bits per heavy atom. The molecule has 1 aliphatic rings. The van der Waals surface area contributed by atoms with Gasteiger partial charge in [0.25, 0.3) is 0 Å². The van der Waals surface area contributed by atoms with Gasteiger partial charge in [0.05, 0.1) is 17.7 Å². The zero-order valence-corrected chi connectivity index (χ0v) is 12.8. The predicted octanol–water partition coefficient (Wildman–Crippen LogP) is 3.25. The third-order valence-electron chi connectivity index (χ3n) is 3.44. The van der Waals surface area contributed by atoms with E-state index in [1.54, 1.807) is 24.3 Å². The number of para-hydroxylation sites is 1. The van der Waals surface area contributed by atoms with E-state index in [0.29, 0.717) is 29.6 Å². The molecule has 0 bridgehead atoms. The molecule has 6 nitrogen and oxygen atoms in total. The van der Waals surface area contributed by atoms with Crippen molar-refractivity contribution in [2.24, 2.45) is 0 Å². The SMILES string of the molecule is N#Cc1cccc(NC(=O)N[C@H]2CCOc3c(Cl)cccc32)n1. The lowest BCUT2D eigenvalue weighted by Gasteiger charge is -2.27. The second-order valence-electron chi connectivity index (χ2n) is 4.97. The molecular formula is C16H13ClN4O2. The number of urea groups is 1. The smallest absolute Gasteiger partial charge is 0.320 e. The highest BCUT2D eigenvalue weighted by molar-refractivity contribution is 6.32. The van der Waals surface area contributed by atoms with E-state index < -0.39 is 6.03 Å². The van der Waals surface area contributed by atoms with Crippen molar-refractivity contribution < 1.29 is 9.53 Å². The van der Waals surface area contributed by atoms with Gasteiger partial charge < -0.3 is 10.1 Å². The molecule has 0 aliphatic carbocycles. The van der Waals surface area contributed by atoms with Crippen LogP contribution < -0.4 is 15.4 Å². The van der Waals surface area contributed by atoms with Gasteiger partial charge >= 0.3 is 6.03 Å². The lowest BCUT2D eigenvalue weighted by atomic mass is 10.0. The Balaban J connectivity index is 1.72. The average Bonchev–Trinajstić information content (AvgIpc) is 2.56. The number of nitrogens with one attached hydrogen (secondary N) is 2. The Kier molecular flexibility index (Phi) is 4.31. The van der Waals surface area contributed by atoms with Gasteiger partial charge in [-0.15, -0.1) is 0 Å². The number of pyridine rings is 1. The minimum Gasteiger partial charge on any atom is -0.492 e. The zero-order valence-electron chi connectivity index (χ0n) is 12.0. The molecule has 0 saturated carbocycles. The second-order valence-corrected chi connectivity index (χ2v) is 5.37. The van der Waals surface area contributed by atoms with Crippen LogP contribution in [0.2, 0.25) is 5.02 Å². The summed E-state index contributed by atoms with van der Waals surface area (Å²) in [6.07, 6.45) is 0.645. The van der Waals surface area contributed by atoms with Crippen molar-refractivity contribution >= 4 is 23.4 Å². The van der Waals surface area contributed by atoms with Gasteiger partial charge in [-0.05, 0) is 18.2 Å². The van der Waals surface area contributed by atoms with Crippen molar-refractivity contribution in [3.05, 3.63) is 52.7 Å². The van der Waals surface area contributed by atoms with E-state index in [-0.39, 0.29) is 11.7 Å². The Bertz CT molecular complexity index is 788. The number of nitrogens with zero attached hydrogens (tertiary/aromatic N) is 2. The molecule has 0 saturated heterocycles. The third-order valence-corrected chi connectivity index (χ3v) is 3.73. The number of fused-ring (bicyclic) bond motifs is 1. The normalized spacial score (nSPS) is 15.7. The summed E-state index contributed by atoms with van der Waals surface area (Å²) in [7, 11) is 0. The molecule has 3 rings (SSSR count). The van der Waals surface area contributed by atoms with Gasteiger partial charge in [0.2, 0.25) is 0 Å². The minimum absolute atomic E-state index is 0.198. The van der Waals surface area contributed by atoms with E-state index in [1.807, 2.05) is 18.2 Å². The summed E-state index contributed by atoms with van der Waals surface area (Å²) < 4.78 is 5.56. The van der Waals surface area contributed by atoms with Crippen LogP contribution in [0.5, 0.6) is 5.75 Å². The number of rotatable bonds is 2. The van der Waals surface area contributed by atoms with Crippen molar-refractivity contribution in [2.45, 2.75) is 12.5 Å². The molecule has 116 valence electrons. The van der Waals surface area contributed by atoms with Crippen LogP contribution >= 0.6 is 11.6 Å². The molecule has 1 aromatic carbocycles. The number of benzene rings is 1. The molecule has 7 heteroatoms. The predicted molar refractivity (Wildman–Crippen MR) is 85.4 cm³/mol. The number of hydrogen-bond donors (Lipinski definition) is 2. The van der Waals surface area contributed by atoms with Gasteiger partial charge in [0.15, 0.2) is 0 Å². The molecule has 2 heterocycles. The summed E-state index contributed by atoms with van der Waals surface area (Å²) in [6.45, 7) is 0.476. The van der Waals surface area contributed by atoms with Gasteiger partial charge in [-0.3, -0.25) is 5.32 Å². The Morgan fingerprint density at radius 3 is 3.00 bits per heavy atom. The molecule has 2 N–H and O–H groups in total. The molecule has 1 aromatic heterocycles. The maximum Gasteiger partial charge on any atom is 0.320 e. The fraction of sp³-hybridized carbons (Fsp3) is 0.188. The van der Waals surface area contributed by atoms with Gasteiger partial charge in [0, 0.05) is 12.0 Å². The van der Waals surface area contributed by atoms with Crippen LogP contribution in [0, 0.1) is 11.3 Å². The summed E-state index contributed by atoms with van der Waals surface area (Å²) in [6, 6.07) is 11.6. The summed E-state index contributed by atoms with van der Waals surface area (Å²) in [5, 5.41) is 14.9. The molecular weight excluding hydrogens is 316 g/mol. The molecule has 1 aliphatic heterocycles. The van der Waals surface area contributed by atoms with Crippen molar-refractivity contribution in [1.82, 2.24) is 10.3 Å². The van der Waals surface area contributed by atoms with E-state index >= 15 is 0 Å². The quantitative estimate of drug-likeness (QED) is 0.885. The molecule has 0 spiro atoms. The van der Waals surface area contributed by atoms with Crippen LogP contribution in [-0.4, -0.2) is 17.6 Å². The first-order valence-corrected chi connectivity index (χ1v) is 7.41. The van der Waals surface area contributed by atoms with Gasteiger partial charge in [-0.25, -0.2) is 9.78 Å². The van der Waals surface area contributed by atoms with E-state index in [1.165, 1.54) is 0 Å². The number of halogens is 1. The van der Waals surface area contributed by atoms with Gasteiger partial charge in [0.1, 0.15) is 23.3 Å². The largest absolute Gasteiger partial charge is 0.492 e. The van der Waals surface area contributed by atoms with Crippen molar-refractivity contribution in [1.29, 1.82) is 5.26 Å². The molecule has 0 fully saturated rings. The first-order valence-electron chi connectivity index (χ1n) is 7.03. The van der Waals surface area contributed by atoms with E-state index in [2.05, 4.69) is 15.6 Å². The van der Waals surface area contributed by atoms with E-state index in [0.717, 1.165) is 5.56 Å². The average molecular weight is 329 g/mol. The number of amides is 2. The van der Waals surface area contributed by atoms with Crippen LogP contribution in [0.3, 0.4) is 0 Å². The fourth-order valence-corrected chi connectivity index (χ4v) is 2.65. The van der Waals surface area contributed by atoms with Crippen LogP contribution in [-0.2, 0) is 0 Å². The zero-order chi connectivity index (χ0) is 16.2. The molecule has 0 radical (unpaired) electrons. The number of nitriles is 1. The Labute approximate surface area is 138 Å². The van der Waals surface area contributed by atoms with Crippen LogP contribution in [0.15, 0.2) is 36.4 Å². The lowest BCUT2D eigenvalue weighted by molar-refractivity contribution is 0.232. The van der Waals surface area contributed by atoms with Crippen LogP contribution in [0.1, 0.15) is 23.7 Å². The van der Waals surface area contributed by atoms with Crippen molar-refractivity contribution in [3.63, 3.8) is 0 Å². The van der Waals surface area contributed by atoms with E-state index in [4.69, 9.17) is 21.6 Å². The number of aromatic nitrogens is 1. The lowest BCUT2D eigenvalue weighted by Crippen LogP contribution is -2.35. The molecule has 23 heavy (non-hydrogen) atoms. The summed E-state index contributed by atoms with van der Waals surface area (Å²) in [4.78, 5) is 16.2. The van der Waals surface area contributed by atoms with Gasteiger partial charge in [-0.2, -0.15) is 5.26 Å². The summed E-state index contributed by atoms with van der Waals surface area (Å²) in [5.74, 6) is 0.926. The second kappa shape index (κ2) is 6.55. The summed E-state index contributed by atoms with van der Waals surface area (Å²) in [5.41, 5.74) is 1.09. The summed E-state index contributed by atoms with van der Waals surface area (Å²) >= 11 is 6.11. The monoisotopic (exact) mass is 328 g/mol. The number of carbonyl (C=O) groups excluding carboxylic acids is 1. The third kappa shape index (κ3) is 3.35. The standard InChI is InChI=1S/C16H13ClN4O2/c17-12-5-2-4-11-13(7-8-23-15(11)12)20-16(22)21-14-6-1-3-10(9-18)19-14/h1-6,13H,7-8H2,(H2,19,20,21,22)/t13-/m0/s1. The molecule has 1 atom stereocenters. The van der Waals surface area contributed by atoms with Crippen molar-refractivity contribution in [2.75, 3.05) is 11.9 Å². The number of carbonyl (C=O) groups is 1. The highest BCUT2D eigenvalue weighted by atomic mass is 35.5. The van der Waals surface area contributed by atoms with Crippen LogP contribution in [0.4, 0.5) is 10.6 Å². The fourth-order valence-electron chi connectivity index (χ4n) is 2.41. The van der Waals surface area contributed by atoms with Crippen molar-refractivity contribution in [3.8, 4) is 11.8 Å². The number of hydrogen-bond acceptors (Lipinski definition) is 4. The van der Waals surface area contributed by atoms with Gasteiger partial charge in [-0.1, -0.05) is 29.8 Å². The highest BCUT2D eigenvalue weighted by Gasteiger charge is 2.24. The Hall–Kier alpha value is -2.78. The van der Waals surface area contributed by atoms with Crippen LogP contribution in [0.25, 0.3) is 0 Å². The first-order chi connectivity index (χ1) is 11.2. The molecule has 0 unspecified atom stereocenters. The van der Waals surface area contributed by atoms with E-state index in [9.17, 15) is 4.79 Å².